The summed E-state index contributed by atoms with van der Waals surface area (Å²) in [6.07, 6.45) is 1.30. The molecule has 6 heteroatoms. The van der Waals surface area contributed by atoms with Gasteiger partial charge in [0.15, 0.2) is 5.69 Å². The molecule has 1 heterocycles. The minimum absolute atomic E-state index is 0.0122. The van der Waals surface area contributed by atoms with Crippen molar-refractivity contribution in [2.24, 2.45) is 0 Å². The normalized spacial score (nSPS) is 10.5. The number of anilines is 1. The largest absolute Gasteiger partial charge is 0.461 e. The van der Waals surface area contributed by atoms with Crippen molar-refractivity contribution in [2.45, 2.75) is 13.8 Å². The third-order valence-electron chi connectivity index (χ3n) is 2.64. The first-order valence-electron chi connectivity index (χ1n) is 5.81. The maximum absolute atomic E-state index is 13.9. The highest BCUT2D eigenvalue weighted by molar-refractivity contribution is 5.92. The Hall–Kier alpha value is -2.37. The number of nitrogens with zero attached hydrogens (tertiary/aromatic N) is 2. The molecular formula is C13H14FN3O2. The molecule has 100 valence electrons. The topological polar surface area (TPSA) is 70.1 Å². The molecule has 2 aromatic rings. The van der Waals surface area contributed by atoms with Gasteiger partial charge < -0.3 is 10.5 Å². The number of aromatic nitrogens is 2. The maximum atomic E-state index is 13.9. The molecule has 0 atom stereocenters. The lowest BCUT2D eigenvalue weighted by Crippen LogP contribution is -2.10. The molecule has 0 aliphatic carbocycles. The van der Waals surface area contributed by atoms with Gasteiger partial charge >= 0.3 is 5.97 Å². The van der Waals surface area contributed by atoms with E-state index in [0.29, 0.717) is 0 Å². The number of aryl methyl sites for hydroxylation is 1. The molecule has 19 heavy (non-hydrogen) atoms. The van der Waals surface area contributed by atoms with Crippen LogP contribution < -0.4 is 5.73 Å². The number of nitrogen functional groups attached to an aromatic ring is 1. The van der Waals surface area contributed by atoms with E-state index in [-0.39, 0.29) is 23.8 Å². The first-order valence-corrected chi connectivity index (χ1v) is 5.81. The second-order valence-electron chi connectivity index (χ2n) is 4.02. The summed E-state index contributed by atoms with van der Waals surface area (Å²) in [4.78, 5) is 15.4. The van der Waals surface area contributed by atoms with Crippen molar-refractivity contribution >= 4 is 11.8 Å². The van der Waals surface area contributed by atoms with E-state index in [1.165, 1.54) is 17.0 Å². The summed E-state index contributed by atoms with van der Waals surface area (Å²) in [5.41, 5.74) is 6.83. The number of carbonyl (C=O) groups excluding carboxylic acids is 1. The van der Waals surface area contributed by atoms with Crippen molar-refractivity contribution in [2.75, 3.05) is 12.3 Å². The third-order valence-corrected chi connectivity index (χ3v) is 2.64. The molecule has 0 aliphatic rings. The van der Waals surface area contributed by atoms with E-state index in [1.54, 1.807) is 26.0 Å². The highest BCUT2D eigenvalue weighted by Gasteiger charge is 2.18. The zero-order chi connectivity index (χ0) is 14.0. The number of nitrogens with two attached hydrogens (primary N) is 1. The minimum Gasteiger partial charge on any atom is -0.461 e. The van der Waals surface area contributed by atoms with Crippen molar-refractivity contribution in [3.63, 3.8) is 0 Å². The van der Waals surface area contributed by atoms with Crippen molar-refractivity contribution in [1.82, 2.24) is 9.55 Å². The first kappa shape index (κ1) is 13.1. The molecule has 0 aliphatic heterocycles. The summed E-state index contributed by atoms with van der Waals surface area (Å²) in [6, 6.07) is 4.72. The van der Waals surface area contributed by atoms with E-state index in [4.69, 9.17) is 10.5 Å². The summed E-state index contributed by atoms with van der Waals surface area (Å²) in [5.74, 6) is -0.994. The number of benzene rings is 1. The molecular weight excluding hydrogens is 249 g/mol. The number of carbonyl (C=O) groups is 1. The Balaban J connectivity index is 2.44. The van der Waals surface area contributed by atoms with E-state index < -0.39 is 11.8 Å². The van der Waals surface area contributed by atoms with Crippen LogP contribution in [-0.2, 0) is 4.74 Å². The predicted molar refractivity (Wildman–Crippen MR) is 68.6 cm³/mol. The summed E-state index contributed by atoms with van der Waals surface area (Å²) < 4.78 is 20.0. The maximum Gasteiger partial charge on any atom is 0.360 e. The lowest BCUT2D eigenvalue weighted by atomic mass is 10.2. The van der Waals surface area contributed by atoms with Gasteiger partial charge in [0.2, 0.25) is 0 Å². The molecule has 0 bridgehead atoms. The third kappa shape index (κ3) is 2.42. The fourth-order valence-electron chi connectivity index (χ4n) is 1.71. The average molecular weight is 263 g/mol. The van der Waals surface area contributed by atoms with E-state index >= 15 is 0 Å². The second-order valence-corrected chi connectivity index (χ2v) is 4.02. The molecule has 2 rings (SSSR count). The zero-order valence-electron chi connectivity index (χ0n) is 10.7. The van der Waals surface area contributed by atoms with Crippen molar-refractivity contribution in [1.29, 1.82) is 0 Å². The predicted octanol–water partition coefficient (Wildman–Crippen LogP) is 2.08. The Morgan fingerprint density at radius 2 is 2.26 bits per heavy atom. The van der Waals surface area contributed by atoms with Gasteiger partial charge in [-0.3, -0.25) is 4.57 Å². The highest BCUT2D eigenvalue weighted by Crippen LogP contribution is 2.21. The highest BCUT2D eigenvalue weighted by atomic mass is 19.1. The van der Waals surface area contributed by atoms with Gasteiger partial charge in [-0.2, -0.15) is 0 Å². The molecule has 0 saturated heterocycles. The van der Waals surface area contributed by atoms with Gasteiger partial charge in [-0.15, -0.1) is 0 Å². The van der Waals surface area contributed by atoms with Gasteiger partial charge in [-0.05, 0) is 31.5 Å². The Labute approximate surface area is 109 Å². The van der Waals surface area contributed by atoms with Crippen LogP contribution in [0, 0.1) is 12.7 Å². The van der Waals surface area contributed by atoms with Crippen LogP contribution in [0.2, 0.25) is 0 Å². The fourth-order valence-corrected chi connectivity index (χ4v) is 1.71. The number of hydrogen-bond acceptors (Lipinski definition) is 4. The lowest BCUT2D eigenvalue weighted by molar-refractivity contribution is 0.0521. The van der Waals surface area contributed by atoms with Gasteiger partial charge in [0.05, 0.1) is 12.3 Å². The van der Waals surface area contributed by atoms with Crippen LogP contribution in [0.25, 0.3) is 5.69 Å². The van der Waals surface area contributed by atoms with Crippen molar-refractivity contribution < 1.29 is 13.9 Å². The van der Waals surface area contributed by atoms with E-state index in [0.717, 1.165) is 5.56 Å². The lowest BCUT2D eigenvalue weighted by Gasteiger charge is -2.07. The Bertz CT molecular complexity index is 622. The smallest absolute Gasteiger partial charge is 0.360 e. The number of imidazole rings is 1. The Kier molecular flexibility index (Phi) is 3.50. The summed E-state index contributed by atoms with van der Waals surface area (Å²) in [5, 5.41) is 0. The molecule has 2 N–H and O–H groups in total. The summed E-state index contributed by atoms with van der Waals surface area (Å²) in [6.45, 7) is 3.70. The van der Waals surface area contributed by atoms with E-state index in [1.807, 2.05) is 0 Å². The van der Waals surface area contributed by atoms with Crippen LogP contribution in [0.5, 0.6) is 0 Å². The van der Waals surface area contributed by atoms with Gasteiger partial charge in [-0.25, -0.2) is 14.2 Å². The van der Waals surface area contributed by atoms with Crippen molar-refractivity contribution in [3.05, 3.63) is 41.6 Å². The summed E-state index contributed by atoms with van der Waals surface area (Å²) in [7, 11) is 0. The van der Waals surface area contributed by atoms with Gasteiger partial charge in [0.1, 0.15) is 18.0 Å². The second kappa shape index (κ2) is 5.09. The fraction of sp³-hybridized carbons (Fsp3) is 0.231. The molecule has 0 unspecified atom stereocenters. The van der Waals surface area contributed by atoms with Crippen LogP contribution >= 0.6 is 0 Å². The van der Waals surface area contributed by atoms with Gasteiger partial charge in [0, 0.05) is 0 Å². The van der Waals surface area contributed by atoms with Crippen LogP contribution in [0.1, 0.15) is 23.0 Å². The molecule has 0 radical (unpaired) electrons. The van der Waals surface area contributed by atoms with Crippen LogP contribution in [0.3, 0.4) is 0 Å². The number of ether oxygens (including phenoxy) is 1. The number of rotatable bonds is 3. The average Bonchev–Trinajstić information content (AvgIpc) is 2.72. The SMILES string of the molecule is CCOC(=O)c1ncn(-c2ccc(C)cc2F)c1N. The molecule has 5 nitrogen and oxygen atoms in total. The quantitative estimate of drug-likeness (QED) is 0.861. The molecule has 1 aromatic heterocycles. The molecule has 0 spiro atoms. The van der Waals surface area contributed by atoms with E-state index in [2.05, 4.69) is 4.98 Å². The van der Waals surface area contributed by atoms with Crippen LogP contribution in [0.15, 0.2) is 24.5 Å². The standard InChI is InChI=1S/C13H14FN3O2/c1-3-19-13(18)11-12(15)17(7-16-11)10-5-4-8(2)6-9(10)14/h4-7H,3,15H2,1-2H3. The molecule has 0 fully saturated rings. The Morgan fingerprint density at radius 1 is 1.53 bits per heavy atom. The van der Waals surface area contributed by atoms with E-state index in [9.17, 15) is 9.18 Å². The number of esters is 1. The zero-order valence-corrected chi connectivity index (χ0v) is 10.7. The van der Waals surface area contributed by atoms with Crippen molar-refractivity contribution in [3.8, 4) is 5.69 Å². The summed E-state index contributed by atoms with van der Waals surface area (Å²) >= 11 is 0. The first-order chi connectivity index (χ1) is 9.04. The van der Waals surface area contributed by atoms with Gasteiger partial charge in [-0.1, -0.05) is 6.07 Å². The minimum atomic E-state index is -0.619. The molecule has 1 aromatic carbocycles. The van der Waals surface area contributed by atoms with Crippen LogP contribution in [-0.4, -0.2) is 22.1 Å². The molecule has 0 saturated carbocycles. The number of halogens is 1. The number of hydrogen-bond donors (Lipinski definition) is 1. The van der Waals surface area contributed by atoms with Gasteiger partial charge in [0.25, 0.3) is 0 Å². The van der Waals surface area contributed by atoms with Crippen LogP contribution in [0.4, 0.5) is 10.2 Å². The molecule has 0 amide bonds. The monoisotopic (exact) mass is 263 g/mol. The Morgan fingerprint density at radius 3 is 2.89 bits per heavy atom.